The van der Waals surface area contributed by atoms with Gasteiger partial charge in [0.15, 0.2) is 0 Å². The van der Waals surface area contributed by atoms with E-state index >= 15 is 0 Å². The largest absolute Gasteiger partial charge is 0.550 e. The third-order valence-corrected chi connectivity index (χ3v) is 0.678. The number of aliphatic hydroxyl groups excluding tert-OH is 1. The van der Waals surface area contributed by atoms with Crippen molar-refractivity contribution in [2.75, 3.05) is 6.61 Å². The van der Waals surface area contributed by atoms with Gasteiger partial charge in [-0.1, -0.05) is 20.3 Å². The predicted octanol–water partition coefficient (Wildman–Crippen LogP) is -0.900. The Labute approximate surface area is 67.2 Å². The molecule has 0 rings (SSSR count). The molecular weight excluding hydrogens is 148 g/mol. The number of carbonyl (C=O) groups is 1. The molecule has 0 aromatic heterocycles. The summed E-state index contributed by atoms with van der Waals surface area (Å²) in [6.07, 6.45) is 1.72. The highest BCUT2D eigenvalue weighted by Crippen LogP contribution is 1.79. The quantitative estimate of drug-likeness (QED) is 0.587. The van der Waals surface area contributed by atoms with Crippen LogP contribution in [-0.2, 0) is 4.79 Å². The normalized spacial score (nSPS) is 7.18. The van der Waals surface area contributed by atoms with Crippen LogP contribution in [-0.4, -0.2) is 23.2 Å². The molecule has 4 heteroatoms. The molecule has 0 aliphatic heterocycles. The Morgan fingerprint density at radius 3 is 1.73 bits per heavy atom. The standard InChI is InChI=1S/C4H8O2.C3H8O.H2O/c1-2-3-4(5)6;1-2-3-4;/h2-3H2,1H3,(H,5,6);4H,2-3H2,1H3;1H2/p-1. The van der Waals surface area contributed by atoms with Gasteiger partial charge in [-0.2, -0.15) is 0 Å². The number of hydrogen-bond donors (Lipinski definition) is 1. The van der Waals surface area contributed by atoms with Gasteiger partial charge < -0.3 is 20.5 Å². The minimum Gasteiger partial charge on any atom is -0.550 e. The molecule has 0 radical (unpaired) electrons. The van der Waals surface area contributed by atoms with Gasteiger partial charge in [0.05, 0.1) is 0 Å². The molecule has 0 spiro atoms. The summed E-state index contributed by atoms with van der Waals surface area (Å²) < 4.78 is 0. The molecule has 0 aliphatic rings. The maximum atomic E-state index is 9.49. The van der Waals surface area contributed by atoms with E-state index in [9.17, 15) is 9.90 Å². The number of aliphatic hydroxyl groups is 1. The van der Waals surface area contributed by atoms with Gasteiger partial charge in [0, 0.05) is 12.6 Å². The monoisotopic (exact) mass is 165 g/mol. The average Bonchev–Trinajstić information content (AvgIpc) is 1.89. The van der Waals surface area contributed by atoms with E-state index in [2.05, 4.69) is 0 Å². The van der Waals surface area contributed by atoms with Crippen LogP contribution in [0.4, 0.5) is 0 Å². The molecule has 0 saturated heterocycles. The molecule has 0 unspecified atom stereocenters. The Balaban J connectivity index is -0.000000114. The van der Waals surface area contributed by atoms with Crippen molar-refractivity contribution in [2.45, 2.75) is 33.1 Å². The lowest BCUT2D eigenvalue weighted by Crippen LogP contribution is -2.20. The summed E-state index contributed by atoms with van der Waals surface area (Å²) in [7, 11) is 0. The van der Waals surface area contributed by atoms with Gasteiger partial charge in [-0.25, -0.2) is 0 Å². The fourth-order valence-corrected chi connectivity index (χ4v) is 0.204. The van der Waals surface area contributed by atoms with Crippen LogP contribution in [0.1, 0.15) is 33.1 Å². The fourth-order valence-electron chi connectivity index (χ4n) is 0.204. The van der Waals surface area contributed by atoms with Crippen molar-refractivity contribution in [3.05, 3.63) is 0 Å². The summed E-state index contributed by atoms with van der Waals surface area (Å²) in [5.74, 6) is -0.961. The van der Waals surface area contributed by atoms with Crippen LogP contribution < -0.4 is 5.11 Å². The number of rotatable bonds is 3. The number of carbonyl (C=O) groups excluding carboxylic acids is 1. The molecule has 0 aliphatic carbocycles. The Bertz CT molecular complexity index is 70.8. The van der Waals surface area contributed by atoms with Gasteiger partial charge >= 0.3 is 0 Å². The predicted molar refractivity (Wildman–Crippen MR) is 40.9 cm³/mol. The van der Waals surface area contributed by atoms with Crippen molar-refractivity contribution in [3.63, 3.8) is 0 Å². The van der Waals surface area contributed by atoms with Crippen molar-refractivity contribution < 1.29 is 20.5 Å². The van der Waals surface area contributed by atoms with Crippen LogP contribution in [0.2, 0.25) is 0 Å². The van der Waals surface area contributed by atoms with Crippen molar-refractivity contribution in [2.24, 2.45) is 0 Å². The van der Waals surface area contributed by atoms with Crippen LogP contribution >= 0.6 is 0 Å². The van der Waals surface area contributed by atoms with E-state index < -0.39 is 5.97 Å². The number of carboxylic acid groups (broad SMARTS) is 1. The first-order valence-corrected chi connectivity index (χ1v) is 3.49. The molecule has 0 atom stereocenters. The molecular formula is C7H17O4-. The van der Waals surface area contributed by atoms with Gasteiger partial charge in [-0.3, -0.25) is 0 Å². The zero-order valence-electron chi connectivity index (χ0n) is 7.09. The molecule has 3 N–H and O–H groups in total. The Morgan fingerprint density at radius 2 is 1.73 bits per heavy atom. The average molecular weight is 165 g/mol. The molecule has 0 heterocycles. The lowest BCUT2D eigenvalue weighted by molar-refractivity contribution is -0.305. The highest BCUT2D eigenvalue weighted by Gasteiger charge is 1.75. The molecule has 0 bridgehead atoms. The summed E-state index contributed by atoms with van der Waals surface area (Å²) >= 11 is 0. The van der Waals surface area contributed by atoms with Crippen molar-refractivity contribution in [1.82, 2.24) is 0 Å². The van der Waals surface area contributed by atoms with Gasteiger partial charge in [0.25, 0.3) is 0 Å². The Morgan fingerprint density at radius 1 is 1.36 bits per heavy atom. The minimum absolute atomic E-state index is 0. The highest BCUT2D eigenvalue weighted by atomic mass is 16.4. The lowest BCUT2D eigenvalue weighted by Gasteiger charge is -1.92. The summed E-state index contributed by atoms with van der Waals surface area (Å²) in [6.45, 7) is 4.05. The number of hydrogen-bond acceptors (Lipinski definition) is 3. The maximum absolute atomic E-state index is 9.49. The molecule has 0 fully saturated rings. The summed E-state index contributed by atoms with van der Waals surface area (Å²) in [5.41, 5.74) is 0. The molecule has 11 heavy (non-hydrogen) atoms. The summed E-state index contributed by atoms with van der Waals surface area (Å²) in [5, 5.41) is 17.4. The molecule has 0 aromatic carbocycles. The second-order valence-corrected chi connectivity index (χ2v) is 1.85. The second-order valence-electron chi connectivity index (χ2n) is 1.85. The van der Waals surface area contributed by atoms with Crippen LogP contribution in [0.3, 0.4) is 0 Å². The van der Waals surface area contributed by atoms with Gasteiger partial charge in [-0.05, 0) is 12.8 Å². The molecule has 70 valence electrons. The molecule has 0 amide bonds. The summed E-state index contributed by atoms with van der Waals surface area (Å²) in [6, 6.07) is 0. The van der Waals surface area contributed by atoms with Crippen molar-refractivity contribution in [3.8, 4) is 0 Å². The lowest BCUT2D eigenvalue weighted by atomic mass is 10.4. The maximum Gasteiger partial charge on any atom is 0.0428 e. The molecule has 0 aromatic rings. The van der Waals surface area contributed by atoms with E-state index in [0.29, 0.717) is 13.0 Å². The van der Waals surface area contributed by atoms with Crippen LogP contribution in [0.25, 0.3) is 0 Å². The van der Waals surface area contributed by atoms with Crippen molar-refractivity contribution >= 4 is 5.97 Å². The first-order valence-electron chi connectivity index (χ1n) is 3.49. The Kier molecular flexibility index (Phi) is 24.7. The topological polar surface area (TPSA) is 91.9 Å². The van der Waals surface area contributed by atoms with Crippen LogP contribution in [0.5, 0.6) is 0 Å². The van der Waals surface area contributed by atoms with Gasteiger partial charge in [0.2, 0.25) is 0 Å². The third-order valence-electron chi connectivity index (χ3n) is 0.678. The van der Waals surface area contributed by atoms with E-state index in [-0.39, 0.29) is 11.9 Å². The van der Waals surface area contributed by atoms with E-state index in [4.69, 9.17) is 5.11 Å². The van der Waals surface area contributed by atoms with E-state index in [1.165, 1.54) is 0 Å². The first kappa shape index (κ1) is 16.8. The van der Waals surface area contributed by atoms with Crippen molar-refractivity contribution in [1.29, 1.82) is 0 Å². The highest BCUT2D eigenvalue weighted by molar-refractivity contribution is 5.63. The Hall–Kier alpha value is -0.610. The van der Waals surface area contributed by atoms with E-state index in [1.807, 2.05) is 6.92 Å². The molecule has 4 nitrogen and oxygen atoms in total. The zero-order valence-corrected chi connectivity index (χ0v) is 7.09. The number of carboxylic acids is 1. The smallest absolute Gasteiger partial charge is 0.0428 e. The van der Waals surface area contributed by atoms with Crippen LogP contribution in [0, 0.1) is 0 Å². The van der Waals surface area contributed by atoms with Gasteiger partial charge in [0.1, 0.15) is 0 Å². The SMILES string of the molecule is CCCC(=O)[O-].CCCO.O. The van der Waals surface area contributed by atoms with Crippen LogP contribution in [0.15, 0.2) is 0 Å². The summed E-state index contributed by atoms with van der Waals surface area (Å²) in [4.78, 5) is 9.49. The third kappa shape index (κ3) is 44.6. The first-order chi connectivity index (χ1) is 4.68. The second kappa shape index (κ2) is 16.2. The number of aliphatic carboxylic acids is 1. The van der Waals surface area contributed by atoms with Gasteiger partial charge in [-0.15, -0.1) is 0 Å². The minimum atomic E-state index is -0.961. The molecule has 0 saturated carbocycles. The zero-order chi connectivity index (χ0) is 8.41. The van der Waals surface area contributed by atoms with E-state index in [1.54, 1.807) is 6.92 Å². The fraction of sp³-hybridized carbons (Fsp3) is 0.857. The van der Waals surface area contributed by atoms with E-state index in [0.717, 1.165) is 6.42 Å².